The van der Waals surface area contributed by atoms with Crippen LogP contribution < -0.4 is 5.32 Å². The smallest absolute Gasteiger partial charge is 0.238 e. The molecule has 156 valence electrons. The van der Waals surface area contributed by atoms with Crippen LogP contribution in [0.4, 0.5) is 10.1 Å². The van der Waals surface area contributed by atoms with E-state index in [1.54, 1.807) is 12.1 Å². The van der Waals surface area contributed by atoms with Crippen LogP contribution in [0.1, 0.15) is 37.1 Å². The fourth-order valence-electron chi connectivity index (χ4n) is 3.73. The first-order valence-corrected chi connectivity index (χ1v) is 10.3. The molecule has 7 heteroatoms. The van der Waals surface area contributed by atoms with Gasteiger partial charge < -0.3 is 9.84 Å². The molecule has 0 radical (unpaired) electrons. The number of halogens is 1. The predicted molar refractivity (Wildman–Crippen MR) is 113 cm³/mol. The minimum absolute atomic E-state index is 0.00177. The number of hydrogen-bond donors (Lipinski definition) is 1. The SMILES string of the molecule is CCc1cccc(NC(=O)CN2CCC(c3nc(-c4ccc(F)cc4)no3)CC2)c1. The van der Waals surface area contributed by atoms with E-state index in [9.17, 15) is 9.18 Å². The van der Waals surface area contributed by atoms with E-state index in [1.807, 2.05) is 18.2 Å². The zero-order valence-corrected chi connectivity index (χ0v) is 17.0. The second-order valence-corrected chi connectivity index (χ2v) is 7.62. The lowest BCUT2D eigenvalue weighted by Crippen LogP contribution is -2.38. The van der Waals surface area contributed by atoms with Crippen molar-refractivity contribution >= 4 is 11.6 Å². The highest BCUT2D eigenvalue weighted by Crippen LogP contribution is 2.28. The molecule has 3 aromatic rings. The molecule has 6 nitrogen and oxygen atoms in total. The summed E-state index contributed by atoms with van der Waals surface area (Å²) in [6, 6.07) is 14.0. The van der Waals surface area contributed by atoms with E-state index in [0.717, 1.165) is 43.6 Å². The number of piperidine rings is 1. The van der Waals surface area contributed by atoms with Gasteiger partial charge in [-0.05, 0) is 74.3 Å². The van der Waals surface area contributed by atoms with E-state index in [-0.39, 0.29) is 17.6 Å². The highest BCUT2D eigenvalue weighted by atomic mass is 19.1. The molecule has 2 heterocycles. The first-order chi connectivity index (χ1) is 14.6. The number of carbonyl (C=O) groups is 1. The predicted octanol–water partition coefficient (Wildman–Crippen LogP) is 4.26. The second-order valence-electron chi connectivity index (χ2n) is 7.62. The van der Waals surface area contributed by atoms with Crippen LogP contribution in [0.25, 0.3) is 11.4 Å². The van der Waals surface area contributed by atoms with Crippen LogP contribution in [0.2, 0.25) is 0 Å². The van der Waals surface area contributed by atoms with Crippen molar-refractivity contribution in [2.75, 3.05) is 25.0 Å². The monoisotopic (exact) mass is 408 g/mol. The van der Waals surface area contributed by atoms with Crippen LogP contribution in [-0.2, 0) is 11.2 Å². The normalized spacial score (nSPS) is 15.3. The summed E-state index contributed by atoms with van der Waals surface area (Å²) in [6.07, 6.45) is 2.64. The number of aromatic nitrogens is 2. The molecule has 0 aliphatic carbocycles. The number of benzene rings is 2. The number of anilines is 1. The quantitative estimate of drug-likeness (QED) is 0.660. The lowest BCUT2D eigenvalue weighted by Gasteiger charge is -2.29. The summed E-state index contributed by atoms with van der Waals surface area (Å²) >= 11 is 0. The minimum Gasteiger partial charge on any atom is -0.339 e. The average molecular weight is 408 g/mol. The summed E-state index contributed by atoms with van der Waals surface area (Å²) in [5.74, 6) is 0.957. The molecule has 1 aliphatic heterocycles. The maximum Gasteiger partial charge on any atom is 0.238 e. The van der Waals surface area contributed by atoms with E-state index in [0.29, 0.717) is 18.3 Å². The first-order valence-electron chi connectivity index (χ1n) is 10.3. The zero-order valence-electron chi connectivity index (χ0n) is 17.0. The average Bonchev–Trinajstić information content (AvgIpc) is 3.25. The van der Waals surface area contributed by atoms with Crippen LogP contribution in [0, 0.1) is 5.82 Å². The Labute approximate surface area is 175 Å². The van der Waals surface area contributed by atoms with Gasteiger partial charge in [0.05, 0.1) is 6.54 Å². The summed E-state index contributed by atoms with van der Waals surface area (Å²) in [4.78, 5) is 19.0. The Kier molecular flexibility index (Phi) is 6.18. The number of aryl methyl sites for hydroxylation is 1. The molecule has 4 rings (SSSR count). The third-order valence-corrected chi connectivity index (χ3v) is 5.47. The van der Waals surface area contributed by atoms with Gasteiger partial charge in [0.2, 0.25) is 17.6 Å². The van der Waals surface area contributed by atoms with Gasteiger partial charge in [-0.2, -0.15) is 4.98 Å². The molecule has 1 fully saturated rings. The van der Waals surface area contributed by atoms with Gasteiger partial charge in [0.1, 0.15) is 5.82 Å². The minimum atomic E-state index is -0.294. The van der Waals surface area contributed by atoms with Crippen molar-refractivity contribution in [3.63, 3.8) is 0 Å². The zero-order chi connectivity index (χ0) is 20.9. The van der Waals surface area contributed by atoms with Crippen molar-refractivity contribution in [3.8, 4) is 11.4 Å². The molecular weight excluding hydrogens is 383 g/mol. The summed E-state index contributed by atoms with van der Waals surface area (Å²) in [7, 11) is 0. The third kappa shape index (κ3) is 4.91. The Morgan fingerprint density at radius 3 is 2.70 bits per heavy atom. The number of carbonyl (C=O) groups excluding carboxylic acids is 1. The molecule has 1 saturated heterocycles. The molecule has 1 aromatic heterocycles. The number of likely N-dealkylation sites (tertiary alicyclic amines) is 1. The lowest BCUT2D eigenvalue weighted by atomic mass is 9.97. The maximum atomic E-state index is 13.1. The van der Waals surface area contributed by atoms with Gasteiger partial charge in [-0.25, -0.2) is 4.39 Å². The molecule has 1 amide bonds. The Morgan fingerprint density at radius 2 is 1.97 bits per heavy atom. The molecule has 0 saturated carbocycles. The van der Waals surface area contributed by atoms with Gasteiger partial charge in [0.15, 0.2) is 0 Å². The van der Waals surface area contributed by atoms with Crippen molar-refractivity contribution in [1.82, 2.24) is 15.0 Å². The van der Waals surface area contributed by atoms with Crippen molar-refractivity contribution in [3.05, 3.63) is 65.8 Å². The number of rotatable bonds is 6. The van der Waals surface area contributed by atoms with Crippen LogP contribution in [0.3, 0.4) is 0 Å². The fourth-order valence-corrected chi connectivity index (χ4v) is 3.73. The Balaban J connectivity index is 1.28. The molecule has 1 aliphatic rings. The van der Waals surface area contributed by atoms with Gasteiger partial charge in [-0.3, -0.25) is 9.69 Å². The molecule has 0 atom stereocenters. The maximum absolute atomic E-state index is 13.1. The molecule has 1 N–H and O–H groups in total. The largest absolute Gasteiger partial charge is 0.339 e. The Bertz CT molecular complexity index is 994. The third-order valence-electron chi connectivity index (χ3n) is 5.47. The molecule has 0 unspecified atom stereocenters. The Hall–Kier alpha value is -3.06. The van der Waals surface area contributed by atoms with Crippen LogP contribution in [0.15, 0.2) is 53.1 Å². The van der Waals surface area contributed by atoms with E-state index in [2.05, 4.69) is 33.3 Å². The molecule has 0 bridgehead atoms. The van der Waals surface area contributed by atoms with E-state index >= 15 is 0 Å². The summed E-state index contributed by atoms with van der Waals surface area (Å²) < 4.78 is 18.5. The van der Waals surface area contributed by atoms with Crippen LogP contribution >= 0.6 is 0 Å². The van der Waals surface area contributed by atoms with Crippen LogP contribution in [0.5, 0.6) is 0 Å². The van der Waals surface area contributed by atoms with Gasteiger partial charge in [0.25, 0.3) is 0 Å². The number of amides is 1. The highest BCUT2D eigenvalue weighted by Gasteiger charge is 2.26. The van der Waals surface area contributed by atoms with E-state index in [1.165, 1.54) is 17.7 Å². The number of nitrogens with one attached hydrogen (secondary N) is 1. The van der Waals surface area contributed by atoms with Crippen molar-refractivity contribution in [1.29, 1.82) is 0 Å². The lowest BCUT2D eigenvalue weighted by molar-refractivity contribution is -0.117. The molecule has 30 heavy (non-hydrogen) atoms. The van der Waals surface area contributed by atoms with Crippen molar-refractivity contribution in [2.24, 2.45) is 0 Å². The topological polar surface area (TPSA) is 71.3 Å². The molecule has 2 aromatic carbocycles. The highest BCUT2D eigenvalue weighted by molar-refractivity contribution is 5.92. The van der Waals surface area contributed by atoms with Crippen molar-refractivity contribution in [2.45, 2.75) is 32.1 Å². The first kappa shape index (κ1) is 20.2. The number of nitrogens with zero attached hydrogens (tertiary/aromatic N) is 3. The van der Waals surface area contributed by atoms with E-state index < -0.39 is 0 Å². The van der Waals surface area contributed by atoms with Crippen molar-refractivity contribution < 1.29 is 13.7 Å². The van der Waals surface area contributed by atoms with Gasteiger partial charge in [-0.15, -0.1) is 0 Å². The fraction of sp³-hybridized carbons (Fsp3) is 0.348. The standard InChI is InChI=1S/C23H25FN4O2/c1-2-16-4-3-5-20(14-16)25-21(29)15-28-12-10-18(11-13-28)23-26-22(27-30-23)17-6-8-19(24)9-7-17/h3-9,14,18H,2,10-13,15H2,1H3,(H,25,29). The Morgan fingerprint density at radius 1 is 1.20 bits per heavy atom. The molecule has 0 spiro atoms. The van der Waals surface area contributed by atoms with Gasteiger partial charge in [-0.1, -0.05) is 24.2 Å². The second kappa shape index (κ2) is 9.17. The van der Waals surface area contributed by atoms with Gasteiger partial charge >= 0.3 is 0 Å². The summed E-state index contributed by atoms with van der Waals surface area (Å²) in [5, 5.41) is 7.02. The summed E-state index contributed by atoms with van der Waals surface area (Å²) in [6.45, 7) is 4.05. The molecular formula is C23H25FN4O2. The van der Waals surface area contributed by atoms with Crippen LogP contribution in [-0.4, -0.2) is 40.6 Å². The van der Waals surface area contributed by atoms with Gasteiger partial charge in [0, 0.05) is 17.2 Å². The summed E-state index contributed by atoms with van der Waals surface area (Å²) in [5.41, 5.74) is 2.77. The van der Waals surface area contributed by atoms with E-state index in [4.69, 9.17) is 4.52 Å². The number of hydrogen-bond acceptors (Lipinski definition) is 5.